The molecule has 1 N–H and O–H groups in total. The fourth-order valence-electron chi connectivity index (χ4n) is 2.62. The number of carboxylic acid groups (broad SMARTS) is 1. The van der Waals surface area contributed by atoms with Crippen molar-refractivity contribution in [2.45, 2.75) is 20.8 Å². The van der Waals surface area contributed by atoms with Crippen molar-refractivity contribution in [3.8, 4) is 17.0 Å². The predicted octanol–water partition coefficient (Wildman–Crippen LogP) is 3.72. The Kier molecular flexibility index (Phi) is 3.78. The van der Waals surface area contributed by atoms with E-state index in [-0.39, 0.29) is 5.56 Å². The van der Waals surface area contributed by atoms with Crippen LogP contribution in [0.4, 0.5) is 0 Å². The third kappa shape index (κ3) is 2.77. The monoisotopic (exact) mass is 310 g/mol. The predicted molar refractivity (Wildman–Crippen MR) is 88.2 cm³/mol. The van der Waals surface area contributed by atoms with Gasteiger partial charge in [-0.3, -0.25) is 0 Å². The van der Waals surface area contributed by atoms with Gasteiger partial charge in [0.05, 0.1) is 17.9 Å². The molecule has 5 heteroatoms. The third-order valence-corrected chi connectivity index (χ3v) is 3.80. The highest BCUT2D eigenvalue weighted by Gasteiger charge is 2.12. The summed E-state index contributed by atoms with van der Waals surface area (Å²) in [7, 11) is 0. The molecule has 0 saturated heterocycles. The highest BCUT2D eigenvalue weighted by atomic mass is 16.5. The Balaban J connectivity index is 2.09. The van der Waals surface area contributed by atoms with Gasteiger partial charge in [0.15, 0.2) is 0 Å². The first-order valence-electron chi connectivity index (χ1n) is 7.46. The zero-order valence-electron chi connectivity index (χ0n) is 13.3. The molecule has 0 fully saturated rings. The van der Waals surface area contributed by atoms with Gasteiger partial charge >= 0.3 is 5.97 Å². The van der Waals surface area contributed by atoms with Crippen molar-refractivity contribution < 1.29 is 14.6 Å². The number of hydrogen-bond donors (Lipinski definition) is 1. The molecule has 1 aromatic carbocycles. The van der Waals surface area contributed by atoms with Crippen LogP contribution in [-0.4, -0.2) is 27.1 Å². The molecule has 3 aromatic rings. The standard InChI is InChI=1S/C18H18N2O3/c1-4-23-16-8-11(2)14(7-12(16)3)15-10-20-9-13(18(21)22)5-6-17(20)19-15/h5-10H,4H2,1-3H3,(H,21,22). The van der Waals surface area contributed by atoms with Crippen molar-refractivity contribution >= 4 is 11.6 Å². The van der Waals surface area contributed by atoms with E-state index in [4.69, 9.17) is 9.84 Å². The summed E-state index contributed by atoms with van der Waals surface area (Å²) in [4.78, 5) is 15.7. The normalized spacial score (nSPS) is 10.9. The van der Waals surface area contributed by atoms with Crippen LogP contribution < -0.4 is 4.74 Å². The van der Waals surface area contributed by atoms with Crippen molar-refractivity contribution in [3.05, 3.63) is 53.3 Å². The summed E-state index contributed by atoms with van der Waals surface area (Å²) >= 11 is 0. The number of carboxylic acids is 1. The van der Waals surface area contributed by atoms with Crippen LogP contribution in [0, 0.1) is 13.8 Å². The Labute approximate surface area is 134 Å². The highest BCUT2D eigenvalue weighted by molar-refractivity contribution is 5.87. The summed E-state index contributed by atoms with van der Waals surface area (Å²) < 4.78 is 7.36. The highest BCUT2D eigenvalue weighted by Crippen LogP contribution is 2.30. The molecule has 0 radical (unpaired) electrons. The smallest absolute Gasteiger partial charge is 0.337 e. The zero-order valence-corrected chi connectivity index (χ0v) is 13.3. The first-order chi connectivity index (χ1) is 11.0. The molecule has 0 aliphatic carbocycles. The number of hydrogen-bond acceptors (Lipinski definition) is 3. The van der Waals surface area contributed by atoms with Crippen LogP contribution in [0.1, 0.15) is 28.4 Å². The van der Waals surface area contributed by atoms with Gasteiger partial charge < -0.3 is 14.2 Å². The summed E-state index contributed by atoms with van der Waals surface area (Å²) in [5.41, 5.74) is 4.91. The fraction of sp³-hybridized carbons (Fsp3) is 0.222. The van der Waals surface area contributed by atoms with Gasteiger partial charge in [-0.15, -0.1) is 0 Å². The molecule has 3 rings (SSSR count). The number of nitrogens with zero attached hydrogens (tertiary/aromatic N) is 2. The van der Waals surface area contributed by atoms with E-state index in [1.54, 1.807) is 22.7 Å². The quantitative estimate of drug-likeness (QED) is 0.798. The van der Waals surface area contributed by atoms with Gasteiger partial charge in [0.1, 0.15) is 11.4 Å². The molecule has 5 nitrogen and oxygen atoms in total. The number of aromatic nitrogens is 2. The molecule has 0 atom stereocenters. The summed E-state index contributed by atoms with van der Waals surface area (Å²) in [6.07, 6.45) is 3.43. The molecule has 118 valence electrons. The minimum absolute atomic E-state index is 0.237. The maximum atomic E-state index is 11.1. The number of aryl methyl sites for hydroxylation is 2. The second kappa shape index (κ2) is 5.76. The topological polar surface area (TPSA) is 63.8 Å². The van der Waals surface area contributed by atoms with E-state index in [1.165, 1.54) is 0 Å². The summed E-state index contributed by atoms with van der Waals surface area (Å²) in [6.45, 7) is 6.62. The SMILES string of the molecule is CCOc1cc(C)c(-c2cn3cc(C(=O)O)ccc3n2)cc1C. The number of pyridine rings is 1. The minimum atomic E-state index is -0.949. The van der Waals surface area contributed by atoms with Crippen LogP contribution in [-0.2, 0) is 0 Å². The summed E-state index contributed by atoms with van der Waals surface area (Å²) in [6, 6.07) is 7.34. The second-order valence-electron chi connectivity index (χ2n) is 5.48. The Hall–Kier alpha value is -2.82. The van der Waals surface area contributed by atoms with Crippen LogP contribution in [0.15, 0.2) is 36.7 Å². The Morgan fingerprint density at radius 1 is 1.22 bits per heavy atom. The van der Waals surface area contributed by atoms with E-state index in [9.17, 15) is 4.79 Å². The van der Waals surface area contributed by atoms with E-state index in [0.717, 1.165) is 33.8 Å². The lowest BCUT2D eigenvalue weighted by atomic mass is 10.0. The van der Waals surface area contributed by atoms with Crippen molar-refractivity contribution in [3.63, 3.8) is 0 Å². The molecule has 0 spiro atoms. The van der Waals surface area contributed by atoms with Gasteiger partial charge in [-0.05, 0) is 56.2 Å². The first-order valence-corrected chi connectivity index (χ1v) is 7.46. The van der Waals surface area contributed by atoms with Gasteiger partial charge in [-0.1, -0.05) is 0 Å². The number of carbonyl (C=O) groups is 1. The van der Waals surface area contributed by atoms with E-state index < -0.39 is 5.97 Å². The van der Waals surface area contributed by atoms with Crippen LogP contribution in [0.5, 0.6) is 5.75 Å². The molecular formula is C18H18N2O3. The molecule has 2 aromatic heterocycles. The van der Waals surface area contributed by atoms with E-state index >= 15 is 0 Å². The Morgan fingerprint density at radius 2 is 2.00 bits per heavy atom. The van der Waals surface area contributed by atoms with Gasteiger partial charge in [0.2, 0.25) is 0 Å². The van der Waals surface area contributed by atoms with E-state index in [0.29, 0.717) is 6.61 Å². The van der Waals surface area contributed by atoms with E-state index in [2.05, 4.69) is 11.1 Å². The lowest BCUT2D eigenvalue weighted by Crippen LogP contribution is -1.97. The number of fused-ring (bicyclic) bond motifs is 1. The molecule has 0 amide bonds. The molecule has 0 saturated carbocycles. The van der Waals surface area contributed by atoms with Crippen LogP contribution in [0.25, 0.3) is 16.9 Å². The van der Waals surface area contributed by atoms with Gasteiger partial charge in [0.25, 0.3) is 0 Å². The van der Waals surface area contributed by atoms with Crippen molar-refractivity contribution in [1.29, 1.82) is 0 Å². The van der Waals surface area contributed by atoms with E-state index in [1.807, 2.05) is 33.0 Å². The van der Waals surface area contributed by atoms with Crippen molar-refractivity contribution in [2.24, 2.45) is 0 Å². The summed E-state index contributed by atoms with van der Waals surface area (Å²) in [5, 5.41) is 9.08. The second-order valence-corrected chi connectivity index (χ2v) is 5.48. The third-order valence-electron chi connectivity index (χ3n) is 3.80. The average Bonchev–Trinajstić information content (AvgIpc) is 2.93. The minimum Gasteiger partial charge on any atom is -0.494 e. The maximum absolute atomic E-state index is 11.1. The molecule has 0 bridgehead atoms. The van der Waals surface area contributed by atoms with Gasteiger partial charge in [-0.2, -0.15) is 0 Å². The summed E-state index contributed by atoms with van der Waals surface area (Å²) in [5.74, 6) is -0.0686. The number of rotatable bonds is 4. The van der Waals surface area contributed by atoms with Gasteiger partial charge in [0, 0.05) is 18.0 Å². The lowest BCUT2D eigenvalue weighted by molar-refractivity contribution is 0.0696. The lowest BCUT2D eigenvalue weighted by Gasteiger charge is -2.11. The van der Waals surface area contributed by atoms with Crippen molar-refractivity contribution in [2.75, 3.05) is 6.61 Å². The number of benzene rings is 1. The molecule has 0 unspecified atom stereocenters. The molecule has 0 aliphatic rings. The number of ether oxygens (including phenoxy) is 1. The number of imidazole rings is 1. The molecular weight excluding hydrogens is 292 g/mol. The van der Waals surface area contributed by atoms with Crippen LogP contribution in [0.3, 0.4) is 0 Å². The molecule has 0 aliphatic heterocycles. The first kappa shape index (κ1) is 15.1. The maximum Gasteiger partial charge on any atom is 0.337 e. The van der Waals surface area contributed by atoms with Crippen molar-refractivity contribution in [1.82, 2.24) is 9.38 Å². The Morgan fingerprint density at radius 3 is 2.70 bits per heavy atom. The van der Waals surface area contributed by atoms with Crippen LogP contribution >= 0.6 is 0 Å². The zero-order chi connectivity index (χ0) is 16.6. The van der Waals surface area contributed by atoms with Gasteiger partial charge in [-0.25, -0.2) is 9.78 Å². The largest absolute Gasteiger partial charge is 0.494 e. The molecule has 2 heterocycles. The molecule has 23 heavy (non-hydrogen) atoms. The fourth-order valence-corrected chi connectivity index (χ4v) is 2.62. The average molecular weight is 310 g/mol. The number of aromatic carboxylic acids is 1. The van der Waals surface area contributed by atoms with Crippen LogP contribution in [0.2, 0.25) is 0 Å². The Bertz CT molecular complexity index is 897.